The van der Waals surface area contributed by atoms with Crippen LogP contribution in [-0.4, -0.2) is 24.3 Å². The molecule has 1 aromatic heterocycles. The second-order valence-corrected chi connectivity index (χ2v) is 13.1. The number of rotatable bonds is 9. The summed E-state index contributed by atoms with van der Waals surface area (Å²) in [4.78, 5) is 33.2. The van der Waals surface area contributed by atoms with E-state index in [1.165, 1.54) is 11.3 Å². The molecule has 232 valence electrons. The summed E-state index contributed by atoms with van der Waals surface area (Å²) in [7, 11) is 1.59. The molecule has 0 N–H and O–H groups in total. The molecule has 1 aliphatic rings. The van der Waals surface area contributed by atoms with Gasteiger partial charge in [0.1, 0.15) is 18.1 Å². The average Bonchev–Trinajstić information content (AvgIpc) is 3.38. The smallest absolute Gasteiger partial charge is 0.338 e. The minimum Gasteiger partial charge on any atom is -0.497 e. The van der Waals surface area contributed by atoms with Crippen molar-refractivity contribution in [3.8, 4) is 11.5 Å². The maximum Gasteiger partial charge on any atom is 0.338 e. The van der Waals surface area contributed by atoms with Gasteiger partial charge in [0, 0.05) is 10.0 Å². The molecule has 46 heavy (non-hydrogen) atoms. The summed E-state index contributed by atoms with van der Waals surface area (Å²) in [5.41, 5.74) is 3.85. The number of thiazole rings is 1. The minimum atomic E-state index is -0.764. The highest BCUT2D eigenvalue weighted by Crippen LogP contribution is 2.36. The summed E-state index contributed by atoms with van der Waals surface area (Å²) in [6, 6.07) is 29.7. The van der Waals surface area contributed by atoms with E-state index in [2.05, 4.69) is 31.9 Å². The number of hydrogen-bond acceptors (Lipinski definition) is 7. The molecule has 4 aromatic carbocycles. The van der Waals surface area contributed by atoms with E-state index in [9.17, 15) is 9.59 Å². The van der Waals surface area contributed by atoms with Gasteiger partial charge in [0.15, 0.2) is 4.80 Å². The van der Waals surface area contributed by atoms with Crippen LogP contribution in [0.3, 0.4) is 0 Å². The standard InChI is InChI=1S/C36H28Br2N2O5S/c1-3-44-35(42)31-32(24-7-5-4-6-8-24)39-36-40(33(31)25-12-16-27(43-2)17-13-25)34(41)30(46-36)20-23-11-18-29(28(38)19-23)45-21-22-9-14-26(37)15-10-22/h4-20,33H,3,21H2,1-2H3/b30-20-/t33-/m0/s1. The molecule has 1 atom stereocenters. The van der Waals surface area contributed by atoms with Gasteiger partial charge in [0.25, 0.3) is 5.56 Å². The van der Waals surface area contributed by atoms with Gasteiger partial charge in [-0.15, -0.1) is 0 Å². The number of halogens is 2. The number of carbonyl (C=O) groups is 1. The van der Waals surface area contributed by atoms with Gasteiger partial charge in [0.05, 0.1) is 40.0 Å². The zero-order valence-corrected chi connectivity index (χ0v) is 28.9. The predicted octanol–water partition coefficient (Wildman–Crippen LogP) is 7.05. The Balaban J connectivity index is 1.45. The molecular weight excluding hydrogens is 732 g/mol. The number of ether oxygens (including phenoxy) is 3. The number of hydrogen-bond donors (Lipinski definition) is 0. The summed E-state index contributed by atoms with van der Waals surface area (Å²) < 4.78 is 20.8. The zero-order valence-electron chi connectivity index (χ0n) is 24.9. The monoisotopic (exact) mass is 758 g/mol. The molecule has 0 bridgehead atoms. The van der Waals surface area contributed by atoms with E-state index in [-0.39, 0.29) is 12.2 Å². The van der Waals surface area contributed by atoms with Crippen molar-refractivity contribution in [3.63, 3.8) is 0 Å². The van der Waals surface area contributed by atoms with E-state index in [0.29, 0.717) is 38.7 Å². The van der Waals surface area contributed by atoms with Crippen molar-refractivity contribution in [1.82, 2.24) is 4.57 Å². The lowest BCUT2D eigenvalue weighted by Crippen LogP contribution is -2.40. The van der Waals surface area contributed by atoms with E-state index in [4.69, 9.17) is 19.2 Å². The van der Waals surface area contributed by atoms with Gasteiger partial charge in [0.2, 0.25) is 0 Å². The third-order valence-electron chi connectivity index (χ3n) is 7.37. The highest BCUT2D eigenvalue weighted by atomic mass is 79.9. The average molecular weight is 761 g/mol. The number of fused-ring (bicyclic) bond motifs is 1. The summed E-state index contributed by atoms with van der Waals surface area (Å²) >= 11 is 8.35. The Morgan fingerprint density at radius 1 is 0.978 bits per heavy atom. The van der Waals surface area contributed by atoms with Crippen LogP contribution >= 0.6 is 43.2 Å². The van der Waals surface area contributed by atoms with Crippen molar-refractivity contribution >= 4 is 60.9 Å². The van der Waals surface area contributed by atoms with Crippen LogP contribution in [-0.2, 0) is 16.1 Å². The molecule has 0 radical (unpaired) electrons. The van der Waals surface area contributed by atoms with Gasteiger partial charge in [-0.25, -0.2) is 9.79 Å². The lowest BCUT2D eigenvalue weighted by molar-refractivity contribution is -0.138. The highest BCUT2D eigenvalue weighted by Gasteiger charge is 2.35. The first-order chi connectivity index (χ1) is 22.4. The number of methoxy groups -OCH3 is 1. The van der Waals surface area contributed by atoms with Crippen molar-refractivity contribution in [1.29, 1.82) is 0 Å². The molecule has 0 unspecified atom stereocenters. The molecule has 6 rings (SSSR count). The van der Waals surface area contributed by atoms with Crippen molar-refractivity contribution in [2.45, 2.75) is 19.6 Å². The van der Waals surface area contributed by atoms with Crippen LogP contribution in [0.5, 0.6) is 11.5 Å². The van der Waals surface area contributed by atoms with Gasteiger partial charge in [-0.2, -0.15) is 0 Å². The van der Waals surface area contributed by atoms with E-state index in [1.54, 1.807) is 18.6 Å². The van der Waals surface area contributed by atoms with Crippen molar-refractivity contribution in [3.05, 3.63) is 154 Å². The van der Waals surface area contributed by atoms with E-state index >= 15 is 0 Å². The molecule has 2 heterocycles. The Morgan fingerprint density at radius 3 is 2.39 bits per heavy atom. The van der Waals surface area contributed by atoms with Crippen molar-refractivity contribution < 1.29 is 19.0 Å². The summed E-state index contributed by atoms with van der Waals surface area (Å²) in [5.74, 6) is 0.825. The molecule has 0 saturated heterocycles. The first kappa shape index (κ1) is 31.7. The molecule has 0 aliphatic carbocycles. The van der Waals surface area contributed by atoms with E-state index in [1.807, 2.05) is 103 Å². The van der Waals surface area contributed by atoms with Crippen LogP contribution in [0.1, 0.15) is 35.2 Å². The Labute approximate surface area is 286 Å². The molecule has 5 aromatic rings. The SMILES string of the molecule is CCOC(=O)C1=C(c2ccccc2)N=c2s/c(=C\c3ccc(OCc4ccc(Br)cc4)c(Br)c3)c(=O)n2[C@H]1c1ccc(OC)cc1. The molecule has 0 fully saturated rings. The highest BCUT2D eigenvalue weighted by molar-refractivity contribution is 9.10. The first-order valence-corrected chi connectivity index (χ1v) is 16.9. The van der Waals surface area contributed by atoms with Crippen LogP contribution in [0.25, 0.3) is 11.8 Å². The van der Waals surface area contributed by atoms with Crippen LogP contribution in [0, 0.1) is 0 Å². The normalized spacial score (nSPS) is 14.4. The lowest BCUT2D eigenvalue weighted by atomic mass is 9.93. The number of esters is 1. The number of aromatic nitrogens is 1. The Morgan fingerprint density at radius 2 is 1.72 bits per heavy atom. The lowest BCUT2D eigenvalue weighted by Gasteiger charge is -2.26. The molecule has 0 spiro atoms. The summed E-state index contributed by atoms with van der Waals surface area (Å²) in [6.07, 6.45) is 1.83. The Hall–Kier alpha value is -4.25. The zero-order chi connectivity index (χ0) is 32.2. The Bertz CT molecular complexity index is 2110. The fourth-order valence-electron chi connectivity index (χ4n) is 5.16. The van der Waals surface area contributed by atoms with Crippen LogP contribution < -0.4 is 24.4 Å². The third-order valence-corrected chi connectivity index (χ3v) is 9.50. The first-order valence-electron chi connectivity index (χ1n) is 14.5. The number of nitrogens with zero attached hydrogens (tertiary/aromatic N) is 2. The quantitative estimate of drug-likeness (QED) is 0.151. The van der Waals surface area contributed by atoms with Gasteiger partial charge < -0.3 is 14.2 Å². The summed E-state index contributed by atoms with van der Waals surface area (Å²) in [5, 5.41) is 0. The Kier molecular flexibility index (Phi) is 9.67. The molecule has 7 nitrogen and oxygen atoms in total. The van der Waals surface area contributed by atoms with Crippen molar-refractivity contribution in [2.24, 2.45) is 4.99 Å². The number of benzene rings is 4. The number of carbonyl (C=O) groups excluding carboxylic acids is 1. The molecule has 1 aliphatic heterocycles. The third kappa shape index (κ3) is 6.65. The maximum absolute atomic E-state index is 14.2. The van der Waals surface area contributed by atoms with Gasteiger partial charge in [-0.3, -0.25) is 9.36 Å². The summed E-state index contributed by atoms with van der Waals surface area (Å²) in [6.45, 7) is 2.36. The maximum atomic E-state index is 14.2. The van der Waals surface area contributed by atoms with Crippen LogP contribution in [0.4, 0.5) is 0 Å². The molecule has 0 saturated carbocycles. The molecule has 10 heteroatoms. The van der Waals surface area contributed by atoms with Crippen molar-refractivity contribution in [2.75, 3.05) is 13.7 Å². The fourth-order valence-corrected chi connectivity index (χ4v) is 6.94. The largest absolute Gasteiger partial charge is 0.497 e. The molecule has 0 amide bonds. The molecular formula is C36H28Br2N2O5S. The van der Waals surface area contributed by atoms with Crippen LogP contribution in [0.2, 0.25) is 0 Å². The van der Waals surface area contributed by atoms with Gasteiger partial charge in [-0.05, 0) is 82.0 Å². The topological polar surface area (TPSA) is 79.1 Å². The van der Waals surface area contributed by atoms with Crippen LogP contribution in [0.15, 0.2) is 121 Å². The minimum absolute atomic E-state index is 0.182. The van der Waals surface area contributed by atoms with E-state index in [0.717, 1.165) is 31.2 Å². The second-order valence-electron chi connectivity index (χ2n) is 10.3. The second kappa shape index (κ2) is 14.0. The van der Waals surface area contributed by atoms with E-state index < -0.39 is 12.0 Å². The van der Waals surface area contributed by atoms with Gasteiger partial charge >= 0.3 is 5.97 Å². The van der Waals surface area contributed by atoms with Gasteiger partial charge in [-0.1, -0.05) is 87.9 Å². The predicted molar refractivity (Wildman–Crippen MR) is 187 cm³/mol. The fraction of sp³-hybridized carbons (Fsp3) is 0.139.